The van der Waals surface area contributed by atoms with Crippen LogP contribution < -0.4 is 4.90 Å². The number of H-pyrrole nitrogens is 1. The summed E-state index contributed by atoms with van der Waals surface area (Å²) >= 11 is 0. The number of hydrogen-bond acceptors (Lipinski definition) is 1. The second-order valence-electron chi connectivity index (χ2n) is 12.4. The van der Waals surface area contributed by atoms with Crippen LogP contribution in [0.15, 0.2) is 140 Å². The average molecular weight is 566 g/mol. The molecular formula is C41H31N3. The lowest BCUT2D eigenvalue weighted by molar-refractivity contribution is 0.639. The highest BCUT2D eigenvalue weighted by molar-refractivity contribution is 6.19. The van der Waals surface area contributed by atoms with Crippen molar-refractivity contribution in [1.82, 2.24) is 9.55 Å². The van der Waals surface area contributed by atoms with Crippen LogP contribution in [0.2, 0.25) is 0 Å². The molecule has 3 heteroatoms. The Labute approximate surface area is 256 Å². The highest BCUT2D eigenvalue weighted by atomic mass is 15.1. The number of para-hydroxylation sites is 2. The van der Waals surface area contributed by atoms with E-state index in [1.54, 1.807) is 0 Å². The third-order valence-electron chi connectivity index (χ3n) is 9.67. The maximum Gasteiger partial charge on any atom is 0.0596 e. The fourth-order valence-corrected chi connectivity index (χ4v) is 7.72. The largest absolute Gasteiger partial charge is 0.354 e. The van der Waals surface area contributed by atoms with E-state index in [1.807, 2.05) is 6.20 Å². The molecule has 1 aliphatic heterocycles. The minimum absolute atomic E-state index is 0.247. The van der Waals surface area contributed by atoms with Crippen molar-refractivity contribution < 1.29 is 0 Å². The van der Waals surface area contributed by atoms with Crippen LogP contribution in [0.3, 0.4) is 0 Å². The predicted octanol–water partition coefficient (Wildman–Crippen LogP) is 11.0. The molecular weight excluding hydrogens is 534 g/mol. The van der Waals surface area contributed by atoms with Gasteiger partial charge >= 0.3 is 0 Å². The molecule has 0 atom stereocenters. The molecule has 0 fully saturated rings. The second-order valence-corrected chi connectivity index (χ2v) is 12.4. The molecule has 0 radical (unpaired) electrons. The van der Waals surface area contributed by atoms with Gasteiger partial charge in [0.25, 0.3) is 0 Å². The molecule has 0 aliphatic carbocycles. The first-order valence-electron chi connectivity index (χ1n) is 15.2. The topological polar surface area (TPSA) is 24.0 Å². The van der Waals surface area contributed by atoms with E-state index >= 15 is 0 Å². The molecule has 9 rings (SSSR count). The van der Waals surface area contributed by atoms with Gasteiger partial charge in [0.05, 0.1) is 22.4 Å². The van der Waals surface area contributed by atoms with E-state index in [1.165, 1.54) is 77.2 Å². The number of anilines is 2. The van der Waals surface area contributed by atoms with Gasteiger partial charge in [-0.1, -0.05) is 105 Å². The van der Waals surface area contributed by atoms with Gasteiger partial charge in [-0.15, -0.1) is 0 Å². The number of aromatic amines is 1. The van der Waals surface area contributed by atoms with E-state index in [0.29, 0.717) is 0 Å². The van der Waals surface area contributed by atoms with Crippen molar-refractivity contribution in [3.63, 3.8) is 0 Å². The minimum atomic E-state index is -0.247. The molecule has 0 unspecified atom stereocenters. The van der Waals surface area contributed by atoms with Gasteiger partial charge in [-0.25, -0.2) is 0 Å². The molecule has 0 saturated carbocycles. The molecule has 1 aliphatic rings. The van der Waals surface area contributed by atoms with Crippen LogP contribution in [0.25, 0.3) is 60.4 Å². The average Bonchev–Trinajstić information content (AvgIpc) is 3.61. The summed E-state index contributed by atoms with van der Waals surface area (Å²) in [5.74, 6) is 0. The zero-order valence-electron chi connectivity index (χ0n) is 24.8. The summed E-state index contributed by atoms with van der Waals surface area (Å²) in [5, 5.41) is 5.05. The van der Waals surface area contributed by atoms with Crippen molar-refractivity contribution in [1.29, 1.82) is 0 Å². The zero-order valence-corrected chi connectivity index (χ0v) is 24.8. The Bertz CT molecular complexity index is 2420. The lowest BCUT2D eigenvalue weighted by Crippen LogP contribution is -2.30. The maximum absolute atomic E-state index is 4.36. The number of nitrogens with zero attached hydrogens (tertiary/aromatic N) is 2. The Hall–Kier alpha value is -5.54. The predicted molar refractivity (Wildman–Crippen MR) is 186 cm³/mol. The van der Waals surface area contributed by atoms with E-state index < -0.39 is 0 Å². The van der Waals surface area contributed by atoms with Crippen LogP contribution in [0.4, 0.5) is 11.4 Å². The molecule has 3 nitrogen and oxygen atoms in total. The lowest BCUT2D eigenvalue weighted by atomic mass is 9.71. The van der Waals surface area contributed by atoms with Crippen LogP contribution >= 0.6 is 0 Å². The normalized spacial score (nSPS) is 13.9. The Morgan fingerprint density at radius 3 is 2.11 bits per heavy atom. The van der Waals surface area contributed by atoms with Crippen molar-refractivity contribution in [2.24, 2.45) is 0 Å². The van der Waals surface area contributed by atoms with Crippen LogP contribution in [0, 0.1) is 0 Å². The second kappa shape index (κ2) is 8.98. The molecule has 44 heavy (non-hydrogen) atoms. The first kappa shape index (κ1) is 25.0. The Balaban J connectivity index is 1.33. The molecule has 3 heterocycles. The van der Waals surface area contributed by atoms with Gasteiger partial charge in [-0.2, -0.15) is 0 Å². The van der Waals surface area contributed by atoms with Gasteiger partial charge in [-0.3, -0.25) is 0 Å². The molecule has 0 bridgehead atoms. The summed E-state index contributed by atoms with van der Waals surface area (Å²) in [6, 6.07) is 46.1. The van der Waals surface area contributed by atoms with E-state index in [9.17, 15) is 0 Å². The fourth-order valence-electron chi connectivity index (χ4n) is 7.72. The van der Waals surface area contributed by atoms with Crippen LogP contribution in [-0.4, -0.2) is 9.55 Å². The Morgan fingerprint density at radius 2 is 1.32 bits per heavy atom. The van der Waals surface area contributed by atoms with Gasteiger partial charge in [0.2, 0.25) is 0 Å². The number of rotatable bonds is 3. The van der Waals surface area contributed by atoms with E-state index in [-0.39, 0.29) is 5.41 Å². The molecule has 8 aromatic rings. The van der Waals surface area contributed by atoms with Crippen LogP contribution in [-0.2, 0) is 5.41 Å². The number of hydrogen-bond donors (Lipinski definition) is 1. The standard InChI is InChI=1S/C41H31N3/c1-4-43-36-25-23-33-37(29-14-8-10-16-32(29)42-33)39(36)41(2,3)31-22-24-35-38(40(31)43)30-15-9-11-17-34(30)44(35)28-20-18-27(19-21-28)26-12-6-5-7-13-26/h4-25,42H,1H2,2-3H3. The van der Waals surface area contributed by atoms with Crippen LogP contribution in [0.1, 0.15) is 25.0 Å². The molecule has 210 valence electrons. The van der Waals surface area contributed by atoms with Crippen molar-refractivity contribution in [3.8, 4) is 16.8 Å². The minimum Gasteiger partial charge on any atom is -0.354 e. The SMILES string of the molecule is C=CN1c2ccc3[nH]c4ccccc4c3c2C(C)(C)c2ccc3c(c21)c1ccccc1n3-c1ccc(-c2ccccc2)cc1. The van der Waals surface area contributed by atoms with Crippen molar-refractivity contribution in [2.45, 2.75) is 19.3 Å². The smallest absolute Gasteiger partial charge is 0.0596 e. The highest BCUT2D eigenvalue weighted by Gasteiger charge is 2.39. The third kappa shape index (κ3) is 3.27. The number of nitrogens with one attached hydrogen (secondary N) is 1. The third-order valence-corrected chi connectivity index (χ3v) is 9.67. The monoisotopic (exact) mass is 565 g/mol. The van der Waals surface area contributed by atoms with Crippen molar-refractivity contribution in [2.75, 3.05) is 4.90 Å². The summed E-state index contributed by atoms with van der Waals surface area (Å²) in [6.45, 7) is 9.11. The molecule has 6 aromatic carbocycles. The molecule has 1 N–H and O–H groups in total. The number of benzene rings is 6. The van der Waals surface area contributed by atoms with E-state index in [2.05, 4.69) is 162 Å². The quantitative estimate of drug-likeness (QED) is 0.226. The van der Waals surface area contributed by atoms with Crippen LogP contribution in [0.5, 0.6) is 0 Å². The van der Waals surface area contributed by atoms with Gasteiger partial charge in [0.15, 0.2) is 0 Å². The molecule has 0 amide bonds. The summed E-state index contributed by atoms with van der Waals surface area (Å²) in [5.41, 5.74) is 13.1. The van der Waals surface area contributed by atoms with E-state index in [4.69, 9.17) is 0 Å². The van der Waals surface area contributed by atoms with E-state index in [0.717, 1.165) is 5.69 Å². The number of fused-ring (bicyclic) bond motifs is 10. The summed E-state index contributed by atoms with van der Waals surface area (Å²) < 4.78 is 2.41. The van der Waals surface area contributed by atoms with Gasteiger partial charge in [0.1, 0.15) is 0 Å². The van der Waals surface area contributed by atoms with Crippen molar-refractivity contribution >= 4 is 55.0 Å². The Kier molecular flexibility index (Phi) is 5.10. The first-order chi connectivity index (χ1) is 21.6. The number of aromatic nitrogens is 2. The summed E-state index contributed by atoms with van der Waals surface area (Å²) in [4.78, 5) is 5.99. The maximum atomic E-state index is 4.36. The fraction of sp³-hybridized carbons (Fsp3) is 0.0732. The first-order valence-corrected chi connectivity index (χ1v) is 15.2. The lowest BCUT2D eigenvalue weighted by Gasteiger charge is -2.41. The van der Waals surface area contributed by atoms with Crippen molar-refractivity contribution in [3.05, 3.63) is 151 Å². The zero-order chi connectivity index (χ0) is 29.6. The Morgan fingerprint density at radius 1 is 0.614 bits per heavy atom. The highest BCUT2D eigenvalue weighted by Crippen LogP contribution is 2.55. The summed E-state index contributed by atoms with van der Waals surface area (Å²) in [7, 11) is 0. The molecule has 0 saturated heterocycles. The molecule has 0 spiro atoms. The van der Waals surface area contributed by atoms with Gasteiger partial charge < -0.3 is 14.5 Å². The summed E-state index contributed by atoms with van der Waals surface area (Å²) in [6.07, 6.45) is 1.99. The van der Waals surface area contributed by atoms with Gasteiger partial charge in [0, 0.05) is 49.9 Å². The van der Waals surface area contributed by atoms with Gasteiger partial charge in [-0.05, 0) is 64.7 Å². The molecule has 2 aromatic heterocycles.